The van der Waals surface area contributed by atoms with Gasteiger partial charge in [-0.05, 0) is 24.7 Å². The molecule has 0 spiro atoms. The standard InChI is InChI=1S/C11H14BrNO3/c1-13(5-6-16-11(14)15)8-9-3-2-4-10(12)7-9/h2-4,7H,5-6,8H2,1H3,(H,14,15). The Balaban J connectivity index is 2.33. The van der Waals surface area contributed by atoms with Gasteiger partial charge in [-0.3, -0.25) is 4.90 Å². The molecule has 16 heavy (non-hydrogen) atoms. The van der Waals surface area contributed by atoms with Crippen LogP contribution in [0.5, 0.6) is 0 Å². The minimum absolute atomic E-state index is 0.194. The minimum Gasteiger partial charge on any atom is -0.450 e. The number of carboxylic acid groups (broad SMARTS) is 1. The molecular formula is C11H14BrNO3. The molecule has 0 aliphatic rings. The second-order valence-electron chi connectivity index (χ2n) is 3.48. The smallest absolute Gasteiger partial charge is 0.450 e. The number of rotatable bonds is 5. The Kier molecular flexibility index (Phi) is 5.28. The van der Waals surface area contributed by atoms with Crippen molar-refractivity contribution in [3.63, 3.8) is 0 Å². The van der Waals surface area contributed by atoms with Crippen molar-refractivity contribution in [2.75, 3.05) is 20.2 Å². The van der Waals surface area contributed by atoms with Gasteiger partial charge in [-0.25, -0.2) is 4.79 Å². The van der Waals surface area contributed by atoms with Crippen LogP contribution in [0.15, 0.2) is 28.7 Å². The average molecular weight is 288 g/mol. The molecule has 4 nitrogen and oxygen atoms in total. The highest BCUT2D eigenvalue weighted by Gasteiger charge is 2.02. The van der Waals surface area contributed by atoms with Crippen LogP contribution >= 0.6 is 15.9 Å². The van der Waals surface area contributed by atoms with Crippen molar-refractivity contribution in [3.8, 4) is 0 Å². The molecule has 0 unspecified atom stereocenters. The van der Waals surface area contributed by atoms with Crippen LogP contribution in [-0.2, 0) is 11.3 Å². The van der Waals surface area contributed by atoms with E-state index in [1.54, 1.807) is 0 Å². The molecule has 5 heteroatoms. The molecule has 0 saturated carbocycles. The van der Waals surface area contributed by atoms with Gasteiger partial charge in [-0.15, -0.1) is 0 Å². The predicted molar refractivity (Wildman–Crippen MR) is 64.5 cm³/mol. The fourth-order valence-electron chi connectivity index (χ4n) is 1.31. The first-order chi connectivity index (χ1) is 7.58. The van der Waals surface area contributed by atoms with E-state index in [0.29, 0.717) is 6.54 Å². The summed E-state index contributed by atoms with van der Waals surface area (Å²) in [6, 6.07) is 8.01. The number of hydrogen-bond acceptors (Lipinski definition) is 3. The topological polar surface area (TPSA) is 49.8 Å². The van der Waals surface area contributed by atoms with Gasteiger partial charge in [0.2, 0.25) is 0 Å². The molecule has 0 radical (unpaired) electrons. The van der Waals surface area contributed by atoms with E-state index in [0.717, 1.165) is 11.0 Å². The van der Waals surface area contributed by atoms with Gasteiger partial charge >= 0.3 is 6.16 Å². The molecule has 1 aromatic rings. The summed E-state index contributed by atoms with van der Waals surface area (Å²) < 4.78 is 5.48. The van der Waals surface area contributed by atoms with E-state index in [-0.39, 0.29) is 6.61 Å². The van der Waals surface area contributed by atoms with Crippen molar-refractivity contribution < 1.29 is 14.6 Å². The van der Waals surface area contributed by atoms with Crippen molar-refractivity contribution in [2.24, 2.45) is 0 Å². The summed E-state index contributed by atoms with van der Waals surface area (Å²) >= 11 is 3.40. The number of likely N-dealkylation sites (N-methyl/N-ethyl adjacent to an activating group) is 1. The summed E-state index contributed by atoms with van der Waals surface area (Å²) in [5, 5.41) is 8.31. The van der Waals surface area contributed by atoms with Gasteiger partial charge in [0, 0.05) is 17.6 Å². The molecule has 0 saturated heterocycles. The lowest BCUT2D eigenvalue weighted by Gasteiger charge is -2.16. The quantitative estimate of drug-likeness (QED) is 0.846. The van der Waals surface area contributed by atoms with E-state index in [1.807, 2.05) is 36.2 Å². The SMILES string of the molecule is CN(CCOC(=O)O)Cc1cccc(Br)c1. The highest BCUT2D eigenvalue weighted by Crippen LogP contribution is 2.12. The van der Waals surface area contributed by atoms with Gasteiger partial charge in [0.1, 0.15) is 6.61 Å². The van der Waals surface area contributed by atoms with E-state index >= 15 is 0 Å². The van der Waals surface area contributed by atoms with Crippen LogP contribution in [0.3, 0.4) is 0 Å². The van der Waals surface area contributed by atoms with Crippen molar-refractivity contribution in [1.29, 1.82) is 0 Å². The van der Waals surface area contributed by atoms with Crippen LogP contribution in [0.25, 0.3) is 0 Å². The molecule has 1 rings (SSSR count). The molecule has 0 aliphatic heterocycles. The second-order valence-corrected chi connectivity index (χ2v) is 4.40. The third-order valence-corrected chi connectivity index (χ3v) is 2.53. The maximum atomic E-state index is 10.1. The van der Waals surface area contributed by atoms with Crippen molar-refractivity contribution in [1.82, 2.24) is 4.90 Å². The summed E-state index contributed by atoms with van der Waals surface area (Å²) in [7, 11) is 1.92. The lowest BCUT2D eigenvalue weighted by molar-refractivity contribution is 0.0827. The average Bonchev–Trinajstić information content (AvgIpc) is 2.16. The predicted octanol–water partition coefficient (Wildman–Crippen LogP) is 2.58. The molecule has 0 aliphatic carbocycles. The highest BCUT2D eigenvalue weighted by molar-refractivity contribution is 9.10. The molecule has 1 aromatic carbocycles. The molecule has 0 amide bonds. The molecule has 0 atom stereocenters. The van der Waals surface area contributed by atoms with Crippen molar-refractivity contribution in [2.45, 2.75) is 6.54 Å². The second kappa shape index (κ2) is 6.50. The van der Waals surface area contributed by atoms with Gasteiger partial charge in [-0.2, -0.15) is 0 Å². The number of hydrogen-bond donors (Lipinski definition) is 1. The zero-order chi connectivity index (χ0) is 12.0. The zero-order valence-corrected chi connectivity index (χ0v) is 10.6. The Hall–Kier alpha value is -1.07. The number of carbonyl (C=O) groups is 1. The first kappa shape index (κ1) is 13.0. The first-order valence-corrected chi connectivity index (χ1v) is 5.66. The van der Waals surface area contributed by atoms with Gasteiger partial charge in [0.15, 0.2) is 0 Å². The monoisotopic (exact) mass is 287 g/mol. The normalized spacial score (nSPS) is 10.4. The van der Waals surface area contributed by atoms with Crippen LogP contribution in [0.1, 0.15) is 5.56 Å². The van der Waals surface area contributed by atoms with Crippen LogP contribution < -0.4 is 0 Å². The number of nitrogens with zero attached hydrogens (tertiary/aromatic N) is 1. The fourth-order valence-corrected chi connectivity index (χ4v) is 1.76. The van der Waals surface area contributed by atoms with Gasteiger partial charge in [0.25, 0.3) is 0 Å². The Bertz CT molecular complexity index is 357. The van der Waals surface area contributed by atoms with Crippen LogP contribution in [0.2, 0.25) is 0 Å². The molecular weight excluding hydrogens is 274 g/mol. The summed E-state index contributed by atoms with van der Waals surface area (Å²) in [6.45, 7) is 1.54. The Morgan fingerprint density at radius 1 is 1.56 bits per heavy atom. The van der Waals surface area contributed by atoms with Gasteiger partial charge in [0.05, 0.1) is 0 Å². The third-order valence-electron chi connectivity index (χ3n) is 2.04. The van der Waals surface area contributed by atoms with Gasteiger partial charge in [-0.1, -0.05) is 28.1 Å². The summed E-state index contributed by atoms with van der Waals surface area (Å²) in [5.74, 6) is 0. The number of ether oxygens (including phenoxy) is 1. The molecule has 1 N–H and O–H groups in total. The van der Waals surface area contributed by atoms with Crippen molar-refractivity contribution in [3.05, 3.63) is 34.3 Å². The van der Waals surface area contributed by atoms with Crippen LogP contribution in [0.4, 0.5) is 4.79 Å². The van der Waals surface area contributed by atoms with E-state index < -0.39 is 6.16 Å². The van der Waals surface area contributed by atoms with Crippen LogP contribution in [-0.4, -0.2) is 36.4 Å². The zero-order valence-electron chi connectivity index (χ0n) is 9.02. The molecule has 0 aromatic heterocycles. The third kappa shape index (κ3) is 5.14. The highest BCUT2D eigenvalue weighted by atomic mass is 79.9. The van der Waals surface area contributed by atoms with E-state index in [4.69, 9.17) is 5.11 Å². The minimum atomic E-state index is -1.23. The summed E-state index contributed by atoms with van der Waals surface area (Å²) in [6.07, 6.45) is -1.23. The number of benzene rings is 1. The maximum absolute atomic E-state index is 10.1. The van der Waals surface area contributed by atoms with Gasteiger partial charge < -0.3 is 9.84 Å². The van der Waals surface area contributed by atoms with Crippen molar-refractivity contribution >= 4 is 22.1 Å². The number of halogens is 1. The first-order valence-electron chi connectivity index (χ1n) is 4.86. The lowest BCUT2D eigenvalue weighted by Crippen LogP contribution is -2.23. The Morgan fingerprint density at radius 3 is 2.94 bits per heavy atom. The lowest BCUT2D eigenvalue weighted by atomic mass is 10.2. The Morgan fingerprint density at radius 2 is 2.31 bits per heavy atom. The van der Waals surface area contributed by atoms with Crippen LogP contribution in [0, 0.1) is 0 Å². The van der Waals surface area contributed by atoms with E-state index in [1.165, 1.54) is 5.56 Å². The summed E-state index contributed by atoms with van der Waals surface area (Å²) in [4.78, 5) is 12.1. The largest absolute Gasteiger partial charge is 0.505 e. The molecule has 0 heterocycles. The molecule has 0 fully saturated rings. The Labute approximate surface area is 103 Å². The van der Waals surface area contributed by atoms with E-state index in [9.17, 15) is 4.79 Å². The molecule has 0 bridgehead atoms. The molecule has 88 valence electrons. The van der Waals surface area contributed by atoms with E-state index in [2.05, 4.69) is 20.7 Å². The maximum Gasteiger partial charge on any atom is 0.505 e. The fraction of sp³-hybridized carbons (Fsp3) is 0.364. The summed E-state index contributed by atoms with van der Waals surface area (Å²) in [5.41, 5.74) is 1.17.